The minimum Gasteiger partial charge on any atom is -0.488 e. The van der Waals surface area contributed by atoms with Gasteiger partial charge in [-0.25, -0.2) is 0 Å². The second-order valence-electron chi connectivity index (χ2n) is 3.91. The second-order valence-corrected chi connectivity index (χ2v) is 4.83. The molecule has 2 rings (SSSR count). The number of ether oxygens (including phenoxy) is 1. The monoisotopic (exact) mass is 330 g/mol. The van der Waals surface area contributed by atoms with E-state index in [0.29, 0.717) is 4.47 Å². The van der Waals surface area contributed by atoms with Crippen LogP contribution in [0.2, 0.25) is 0 Å². The molecule has 0 N–H and O–H groups in total. The van der Waals surface area contributed by atoms with Crippen LogP contribution in [0.15, 0.2) is 53.0 Å². The largest absolute Gasteiger partial charge is 0.488 e. The lowest BCUT2D eigenvalue weighted by Gasteiger charge is -2.14. The molecule has 0 unspecified atom stereocenters. The van der Waals surface area contributed by atoms with Gasteiger partial charge in [0.2, 0.25) is 0 Å². The van der Waals surface area contributed by atoms with E-state index < -0.39 is 11.7 Å². The molecule has 0 bridgehead atoms. The fourth-order valence-corrected chi connectivity index (χ4v) is 1.93. The van der Waals surface area contributed by atoms with Gasteiger partial charge in [-0.05, 0) is 23.8 Å². The average Bonchev–Trinajstić information content (AvgIpc) is 2.36. The molecule has 0 aromatic heterocycles. The van der Waals surface area contributed by atoms with Crippen LogP contribution in [0.25, 0.3) is 0 Å². The Balaban J connectivity index is 2.22. The lowest BCUT2D eigenvalue weighted by molar-refractivity contribution is -0.139. The number of hydrogen-bond donors (Lipinski definition) is 0. The Morgan fingerprint density at radius 2 is 1.68 bits per heavy atom. The first kappa shape index (κ1) is 13.9. The summed E-state index contributed by atoms with van der Waals surface area (Å²) in [6, 6.07) is 12.7. The van der Waals surface area contributed by atoms with Crippen LogP contribution in [-0.2, 0) is 12.8 Å². The van der Waals surface area contributed by atoms with Crippen LogP contribution in [0.1, 0.15) is 11.1 Å². The zero-order valence-corrected chi connectivity index (χ0v) is 11.3. The highest BCUT2D eigenvalue weighted by Gasteiger charge is 2.34. The summed E-state index contributed by atoms with van der Waals surface area (Å²) in [7, 11) is 0. The summed E-state index contributed by atoms with van der Waals surface area (Å²) in [6.07, 6.45) is -4.42. The predicted molar refractivity (Wildman–Crippen MR) is 69.9 cm³/mol. The van der Waals surface area contributed by atoms with Crippen LogP contribution in [-0.4, -0.2) is 0 Å². The molecule has 19 heavy (non-hydrogen) atoms. The van der Waals surface area contributed by atoms with Crippen molar-refractivity contribution >= 4 is 15.9 Å². The van der Waals surface area contributed by atoms with E-state index in [0.717, 1.165) is 11.6 Å². The molecule has 0 radical (unpaired) electrons. The molecule has 2 aromatic carbocycles. The minimum absolute atomic E-state index is 0.0976. The number of benzene rings is 2. The summed E-state index contributed by atoms with van der Waals surface area (Å²) >= 11 is 3.14. The molecule has 0 spiro atoms. The molecule has 0 fully saturated rings. The van der Waals surface area contributed by atoms with Gasteiger partial charge in [0.05, 0.1) is 5.56 Å². The molecule has 5 heteroatoms. The van der Waals surface area contributed by atoms with Gasteiger partial charge in [-0.15, -0.1) is 0 Å². The Morgan fingerprint density at radius 3 is 2.32 bits per heavy atom. The first-order valence-corrected chi connectivity index (χ1v) is 6.29. The van der Waals surface area contributed by atoms with E-state index in [9.17, 15) is 13.2 Å². The van der Waals surface area contributed by atoms with E-state index in [-0.39, 0.29) is 12.4 Å². The molecule has 0 amide bonds. The zero-order valence-electron chi connectivity index (χ0n) is 9.75. The van der Waals surface area contributed by atoms with Gasteiger partial charge in [-0.1, -0.05) is 46.3 Å². The summed E-state index contributed by atoms with van der Waals surface area (Å²) < 4.78 is 44.3. The van der Waals surface area contributed by atoms with E-state index >= 15 is 0 Å². The predicted octanol–water partition coefficient (Wildman–Crippen LogP) is 5.05. The molecule has 0 atom stereocenters. The second kappa shape index (κ2) is 5.65. The van der Waals surface area contributed by atoms with Crippen LogP contribution in [0, 0.1) is 0 Å². The van der Waals surface area contributed by atoms with E-state index in [1.807, 2.05) is 18.2 Å². The summed E-state index contributed by atoms with van der Waals surface area (Å²) in [5.74, 6) is -0.175. The van der Waals surface area contributed by atoms with Crippen LogP contribution in [0.4, 0.5) is 13.2 Å². The van der Waals surface area contributed by atoms with Crippen molar-refractivity contribution in [2.24, 2.45) is 0 Å². The minimum atomic E-state index is -4.42. The average molecular weight is 331 g/mol. The first-order chi connectivity index (χ1) is 8.97. The summed E-state index contributed by atoms with van der Waals surface area (Å²) in [4.78, 5) is 0. The topological polar surface area (TPSA) is 9.23 Å². The van der Waals surface area contributed by atoms with Crippen molar-refractivity contribution < 1.29 is 17.9 Å². The third kappa shape index (κ3) is 3.73. The van der Waals surface area contributed by atoms with Crippen LogP contribution in [0.3, 0.4) is 0 Å². The molecule has 0 saturated carbocycles. The normalized spacial score (nSPS) is 11.4. The van der Waals surface area contributed by atoms with Crippen molar-refractivity contribution in [2.45, 2.75) is 12.8 Å². The van der Waals surface area contributed by atoms with Crippen molar-refractivity contribution in [3.63, 3.8) is 0 Å². The van der Waals surface area contributed by atoms with E-state index in [1.54, 1.807) is 12.1 Å². The summed E-state index contributed by atoms with van der Waals surface area (Å²) in [5.41, 5.74) is 0.0437. The van der Waals surface area contributed by atoms with Crippen molar-refractivity contribution in [3.05, 3.63) is 64.1 Å². The van der Waals surface area contributed by atoms with Gasteiger partial charge in [0.1, 0.15) is 12.4 Å². The molecule has 0 aliphatic carbocycles. The molecule has 2 aromatic rings. The number of hydrogen-bond acceptors (Lipinski definition) is 1. The Morgan fingerprint density at radius 1 is 1.00 bits per heavy atom. The third-order valence-corrected chi connectivity index (χ3v) is 2.98. The smallest absolute Gasteiger partial charge is 0.419 e. The van der Waals surface area contributed by atoms with Crippen molar-refractivity contribution in [1.29, 1.82) is 0 Å². The number of alkyl halides is 3. The lowest BCUT2D eigenvalue weighted by Crippen LogP contribution is -2.08. The summed E-state index contributed by atoms with van der Waals surface area (Å²) in [6.45, 7) is 0.0976. The Kier molecular flexibility index (Phi) is 4.14. The molecule has 0 aliphatic heterocycles. The molecule has 0 saturated heterocycles. The van der Waals surface area contributed by atoms with E-state index in [1.165, 1.54) is 12.1 Å². The molecule has 1 nitrogen and oxygen atoms in total. The van der Waals surface area contributed by atoms with Gasteiger partial charge in [-0.3, -0.25) is 0 Å². The van der Waals surface area contributed by atoms with E-state index in [2.05, 4.69) is 15.9 Å². The fourth-order valence-electron chi connectivity index (χ4n) is 1.59. The maximum atomic E-state index is 12.8. The zero-order chi connectivity index (χ0) is 13.9. The quantitative estimate of drug-likeness (QED) is 0.765. The fraction of sp³-hybridized carbons (Fsp3) is 0.143. The standard InChI is InChI=1S/C14H10BrF3O/c15-11-6-7-12(14(16,17)18)13(8-11)19-9-10-4-2-1-3-5-10/h1-8H,9H2. The van der Waals surface area contributed by atoms with Crippen LogP contribution in [0.5, 0.6) is 5.75 Å². The highest BCUT2D eigenvalue weighted by atomic mass is 79.9. The number of halogens is 4. The van der Waals surface area contributed by atoms with Gasteiger partial charge in [0, 0.05) is 4.47 Å². The maximum Gasteiger partial charge on any atom is 0.419 e. The highest BCUT2D eigenvalue weighted by molar-refractivity contribution is 9.10. The van der Waals surface area contributed by atoms with Crippen molar-refractivity contribution in [1.82, 2.24) is 0 Å². The molecular weight excluding hydrogens is 321 g/mol. The first-order valence-electron chi connectivity index (χ1n) is 5.50. The van der Waals surface area contributed by atoms with Gasteiger partial charge in [0.25, 0.3) is 0 Å². The summed E-state index contributed by atoms with van der Waals surface area (Å²) in [5, 5.41) is 0. The SMILES string of the molecule is FC(F)(F)c1ccc(Br)cc1OCc1ccccc1. The highest BCUT2D eigenvalue weighted by Crippen LogP contribution is 2.37. The third-order valence-electron chi connectivity index (χ3n) is 2.49. The molecular formula is C14H10BrF3O. The van der Waals surface area contributed by atoms with Gasteiger partial charge in [-0.2, -0.15) is 13.2 Å². The van der Waals surface area contributed by atoms with Crippen molar-refractivity contribution in [3.8, 4) is 5.75 Å². The van der Waals surface area contributed by atoms with Gasteiger partial charge < -0.3 is 4.74 Å². The van der Waals surface area contributed by atoms with Gasteiger partial charge in [0.15, 0.2) is 0 Å². The van der Waals surface area contributed by atoms with Gasteiger partial charge >= 0.3 is 6.18 Å². The van der Waals surface area contributed by atoms with Crippen LogP contribution >= 0.6 is 15.9 Å². The molecule has 100 valence electrons. The Hall–Kier alpha value is -1.49. The Bertz CT molecular complexity index is 552. The van der Waals surface area contributed by atoms with Crippen molar-refractivity contribution in [2.75, 3.05) is 0 Å². The van der Waals surface area contributed by atoms with Crippen LogP contribution < -0.4 is 4.74 Å². The van der Waals surface area contributed by atoms with E-state index in [4.69, 9.17) is 4.74 Å². The lowest BCUT2D eigenvalue weighted by atomic mass is 10.2. The maximum absolute atomic E-state index is 12.8. The number of rotatable bonds is 3. The molecule has 0 heterocycles. The Labute approximate surface area is 117 Å². The molecule has 0 aliphatic rings.